The van der Waals surface area contributed by atoms with E-state index in [0.29, 0.717) is 4.88 Å². The van der Waals surface area contributed by atoms with E-state index in [1.807, 2.05) is 35.6 Å². The summed E-state index contributed by atoms with van der Waals surface area (Å²) in [4.78, 5) is 14.1. The quantitative estimate of drug-likeness (QED) is 0.786. The Morgan fingerprint density at radius 3 is 2.74 bits per heavy atom. The van der Waals surface area contributed by atoms with Crippen LogP contribution >= 0.6 is 11.3 Å². The largest absolute Gasteiger partial charge is 0.321 e. The number of carbonyl (C=O) groups is 1. The second-order valence-corrected chi connectivity index (χ2v) is 6.79. The maximum absolute atomic E-state index is 12.7. The van der Waals surface area contributed by atoms with E-state index in [1.165, 1.54) is 11.3 Å². The summed E-state index contributed by atoms with van der Waals surface area (Å²) in [6, 6.07) is 7.89. The highest BCUT2D eigenvalue weighted by Crippen LogP contribution is 2.27. The Morgan fingerprint density at radius 1 is 1.30 bits per heavy atom. The molecule has 0 saturated carbocycles. The Bertz CT molecular complexity index is 863. The number of amides is 1. The van der Waals surface area contributed by atoms with Crippen molar-refractivity contribution < 1.29 is 4.79 Å². The molecule has 0 aliphatic carbocycles. The fourth-order valence-corrected chi connectivity index (χ4v) is 3.61. The number of anilines is 1. The molecule has 6 heteroatoms. The van der Waals surface area contributed by atoms with Gasteiger partial charge in [-0.05, 0) is 25.0 Å². The molecule has 5 nitrogen and oxygen atoms in total. The first-order chi connectivity index (χ1) is 11.0. The molecule has 0 unspecified atom stereocenters. The van der Waals surface area contributed by atoms with Crippen LogP contribution in [0.15, 0.2) is 24.3 Å². The van der Waals surface area contributed by atoms with Crippen LogP contribution in [0.4, 0.5) is 5.69 Å². The number of para-hydroxylation sites is 1. The van der Waals surface area contributed by atoms with Gasteiger partial charge < -0.3 is 5.32 Å². The number of benzene rings is 1. The number of aromatic nitrogens is 3. The minimum absolute atomic E-state index is 0.0893. The summed E-state index contributed by atoms with van der Waals surface area (Å²) in [5.41, 5.74) is 2.89. The Balaban J connectivity index is 1.97. The average Bonchev–Trinajstić information content (AvgIpc) is 3.08. The average molecular weight is 328 g/mol. The van der Waals surface area contributed by atoms with Crippen molar-refractivity contribution in [2.45, 2.75) is 40.0 Å². The lowest BCUT2D eigenvalue weighted by Gasteiger charge is -2.09. The number of aryl methyl sites for hydroxylation is 2. The van der Waals surface area contributed by atoms with Gasteiger partial charge in [0, 0.05) is 17.3 Å². The summed E-state index contributed by atoms with van der Waals surface area (Å²) in [5.74, 6) is 1.06. The van der Waals surface area contributed by atoms with E-state index < -0.39 is 0 Å². The minimum Gasteiger partial charge on any atom is -0.321 e. The standard InChI is InChI=1S/C17H20N4OS/c1-5-12-8-6-7-9-13(12)18-16(22)14-11(4)21-15(10(2)3)19-20-17(21)23-14/h6-10H,5H2,1-4H3,(H,18,22). The molecule has 0 radical (unpaired) electrons. The van der Waals surface area contributed by atoms with Gasteiger partial charge >= 0.3 is 0 Å². The monoisotopic (exact) mass is 328 g/mol. The van der Waals surface area contributed by atoms with Crippen molar-refractivity contribution in [2.75, 3.05) is 5.32 Å². The molecule has 23 heavy (non-hydrogen) atoms. The number of rotatable bonds is 4. The Labute approximate surface area is 139 Å². The summed E-state index contributed by atoms with van der Waals surface area (Å²) in [6.45, 7) is 8.17. The van der Waals surface area contributed by atoms with Crippen molar-refractivity contribution in [3.63, 3.8) is 0 Å². The lowest BCUT2D eigenvalue weighted by Crippen LogP contribution is -2.13. The molecular formula is C17H20N4OS. The van der Waals surface area contributed by atoms with Crippen molar-refractivity contribution in [2.24, 2.45) is 0 Å². The van der Waals surface area contributed by atoms with Crippen LogP contribution in [0.3, 0.4) is 0 Å². The highest BCUT2D eigenvalue weighted by Gasteiger charge is 2.21. The second-order valence-electron chi connectivity index (χ2n) is 5.81. The SMILES string of the molecule is CCc1ccccc1NC(=O)c1sc2nnc(C(C)C)n2c1C. The zero-order valence-electron chi connectivity index (χ0n) is 13.8. The van der Waals surface area contributed by atoms with Gasteiger partial charge in [0.05, 0.1) is 0 Å². The number of hydrogen-bond acceptors (Lipinski definition) is 4. The van der Waals surface area contributed by atoms with Crippen LogP contribution in [0.2, 0.25) is 0 Å². The number of thiazole rings is 1. The first kappa shape index (κ1) is 15.7. The molecule has 0 aliphatic heterocycles. The van der Waals surface area contributed by atoms with Crippen molar-refractivity contribution in [1.29, 1.82) is 0 Å². The van der Waals surface area contributed by atoms with Gasteiger partial charge in [-0.1, -0.05) is 50.3 Å². The lowest BCUT2D eigenvalue weighted by atomic mass is 10.1. The van der Waals surface area contributed by atoms with Crippen molar-refractivity contribution in [3.05, 3.63) is 46.2 Å². The number of fused-ring (bicyclic) bond motifs is 1. The predicted molar refractivity (Wildman–Crippen MR) is 93.5 cm³/mol. The fraction of sp³-hybridized carbons (Fsp3) is 0.353. The van der Waals surface area contributed by atoms with E-state index in [-0.39, 0.29) is 11.8 Å². The molecule has 0 bridgehead atoms. The van der Waals surface area contributed by atoms with Crippen molar-refractivity contribution >= 4 is 27.9 Å². The highest BCUT2D eigenvalue weighted by molar-refractivity contribution is 7.19. The normalized spacial score (nSPS) is 11.3. The van der Waals surface area contributed by atoms with Crippen molar-refractivity contribution in [1.82, 2.24) is 14.6 Å². The number of hydrogen-bond donors (Lipinski definition) is 1. The van der Waals surface area contributed by atoms with Gasteiger partial charge in [-0.3, -0.25) is 9.20 Å². The van der Waals surface area contributed by atoms with Crippen LogP contribution < -0.4 is 5.32 Å². The zero-order valence-corrected chi connectivity index (χ0v) is 14.6. The first-order valence-electron chi connectivity index (χ1n) is 7.76. The molecule has 1 N–H and O–H groups in total. The third-order valence-electron chi connectivity index (χ3n) is 3.88. The van der Waals surface area contributed by atoms with Crippen LogP contribution in [0.5, 0.6) is 0 Å². The molecule has 0 atom stereocenters. The van der Waals surface area contributed by atoms with Gasteiger partial charge in [-0.2, -0.15) is 0 Å². The zero-order chi connectivity index (χ0) is 16.6. The summed E-state index contributed by atoms with van der Waals surface area (Å²) in [6.07, 6.45) is 0.880. The van der Waals surface area contributed by atoms with E-state index in [4.69, 9.17) is 0 Å². The summed E-state index contributed by atoms with van der Waals surface area (Å²) < 4.78 is 1.98. The van der Waals surface area contributed by atoms with Gasteiger partial charge in [-0.25, -0.2) is 0 Å². The van der Waals surface area contributed by atoms with Crippen LogP contribution in [-0.4, -0.2) is 20.5 Å². The fourth-order valence-electron chi connectivity index (χ4n) is 2.64. The van der Waals surface area contributed by atoms with E-state index in [1.54, 1.807) is 0 Å². The maximum atomic E-state index is 12.7. The van der Waals surface area contributed by atoms with E-state index in [2.05, 4.69) is 36.3 Å². The van der Waals surface area contributed by atoms with Gasteiger partial charge in [0.25, 0.3) is 5.91 Å². The number of carbonyl (C=O) groups excluding carboxylic acids is 1. The van der Waals surface area contributed by atoms with Gasteiger partial charge in [0.15, 0.2) is 0 Å². The first-order valence-corrected chi connectivity index (χ1v) is 8.58. The highest BCUT2D eigenvalue weighted by atomic mass is 32.1. The molecule has 1 aromatic carbocycles. The van der Waals surface area contributed by atoms with Crippen LogP contribution in [0.1, 0.15) is 53.4 Å². The Morgan fingerprint density at radius 2 is 2.04 bits per heavy atom. The van der Waals surface area contributed by atoms with Crippen LogP contribution in [0, 0.1) is 6.92 Å². The maximum Gasteiger partial charge on any atom is 0.267 e. The van der Waals surface area contributed by atoms with Crippen LogP contribution in [0.25, 0.3) is 4.96 Å². The molecule has 120 valence electrons. The van der Waals surface area contributed by atoms with E-state index >= 15 is 0 Å². The molecule has 2 heterocycles. The Kier molecular flexibility index (Phi) is 4.17. The van der Waals surface area contributed by atoms with E-state index in [0.717, 1.165) is 34.2 Å². The van der Waals surface area contributed by atoms with Gasteiger partial charge in [0.1, 0.15) is 10.7 Å². The van der Waals surface area contributed by atoms with Crippen LogP contribution in [-0.2, 0) is 6.42 Å². The van der Waals surface area contributed by atoms with Gasteiger partial charge in [-0.15, -0.1) is 10.2 Å². The molecule has 3 rings (SSSR count). The topological polar surface area (TPSA) is 59.3 Å². The number of nitrogens with one attached hydrogen (secondary N) is 1. The smallest absolute Gasteiger partial charge is 0.267 e. The molecule has 1 amide bonds. The van der Waals surface area contributed by atoms with Crippen molar-refractivity contribution in [3.8, 4) is 0 Å². The van der Waals surface area contributed by atoms with Gasteiger partial charge in [0.2, 0.25) is 4.96 Å². The predicted octanol–water partition coefficient (Wildman–Crippen LogP) is 4.04. The Hall–Kier alpha value is -2.21. The summed E-state index contributed by atoms with van der Waals surface area (Å²) >= 11 is 1.38. The molecule has 0 saturated heterocycles. The number of nitrogens with zero attached hydrogens (tertiary/aromatic N) is 3. The molecule has 3 aromatic rings. The summed E-state index contributed by atoms with van der Waals surface area (Å²) in [5, 5.41) is 11.4. The summed E-state index contributed by atoms with van der Waals surface area (Å²) in [7, 11) is 0. The second kappa shape index (κ2) is 6.12. The molecule has 0 aliphatic rings. The molecule has 0 fully saturated rings. The minimum atomic E-state index is -0.0893. The molecule has 2 aromatic heterocycles. The third kappa shape index (κ3) is 2.74. The van der Waals surface area contributed by atoms with E-state index in [9.17, 15) is 4.79 Å². The lowest BCUT2D eigenvalue weighted by molar-refractivity contribution is 0.102. The molecule has 0 spiro atoms. The molecular weight excluding hydrogens is 308 g/mol. The third-order valence-corrected chi connectivity index (χ3v) is 5.02.